The first-order valence-electron chi connectivity index (χ1n) is 9.40. The number of amides is 1. The van der Waals surface area contributed by atoms with Gasteiger partial charge in [0.15, 0.2) is 5.96 Å². The van der Waals surface area contributed by atoms with Crippen LogP contribution in [-0.4, -0.2) is 37.0 Å². The van der Waals surface area contributed by atoms with Gasteiger partial charge < -0.3 is 16.0 Å². The summed E-state index contributed by atoms with van der Waals surface area (Å²) in [4.78, 5) is 20.7. The maximum Gasteiger partial charge on any atom is 0.225 e. The first-order valence-corrected chi connectivity index (χ1v) is 10.3. The zero-order chi connectivity index (χ0) is 19.1. The van der Waals surface area contributed by atoms with E-state index in [1.165, 1.54) is 10.6 Å². The third kappa shape index (κ3) is 6.44. The molecule has 0 radical (unpaired) electrons. The lowest BCUT2D eigenvalue weighted by molar-refractivity contribution is -0.116. The molecule has 0 bridgehead atoms. The number of thiazole rings is 1. The minimum Gasteiger partial charge on any atom is -0.356 e. The number of aromatic nitrogens is 1. The Morgan fingerprint density at radius 2 is 2.14 bits per heavy atom. The lowest BCUT2D eigenvalue weighted by Gasteiger charge is -2.26. The second-order valence-electron chi connectivity index (χ2n) is 6.76. The van der Waals surface area contributed by atoms with Gasteiger partial charge in [-0.05, 0) is 37.8 Å². The summed E-state index contributed by atoms with van der Waals surface area (Å²) in [6, 6.07) is 8.00. The van der Waals surface area contributed by atoms with Crippen LogP contribution in [0, 0.1) is 6.92 Å². The summed E-state index contributed by atoms with van der Waals surface area (Å²) in [5.74, 6) is 1.01. The molecule has 2 heterocycles. The fourth-order valence-corrected chi connectivity index (χ4v) is 4.07. The van der Waals surface area contributed by atoms with E-state index in [9.17, 15) is 4.79 Å². The molecule has 28 heavy (non-hydrogen) atoms. The number of nitrogens with one attached hydrogen (secondary N) is 3. The fourth-order valence-electron chi connectivity index (χ4n) is 3.25. The number of anilines is 1. The molecule has 1 aromatic carbocycles. The zero-order valence-electron chi connectivity index (χ0n) is 16.3. The molecular formula is C20H28IN5OS. The predicted octanol–water partition coefficient (Wildman–Crippen LogP) is 3.68. The van der Waals surface area contributed by atoms with Crippen molar-refractivity contribution < 1.29 is 4.79 Å². The molecule has 0 aliphatic carbocycles. The second kappa shape index (κ2) is 11.4. The van der Waals surface area contributed by atoms with Crippen molar-refractivity contribution in [2.45, 2.75) is 38.5 Å². The van der Waals surface area contributed by atoms with Crippen molar-refractivity contribution in [2.75, 3.05) is 25.5 Å². The Morgan fingerprint density at radius 3 is 2.89 bits per heavy atom. The van der Waals surface area contributed by atoms with Crippen molar-refractivity contribution in [2.24, 2.45) is 4.99 Å². The highest BCUT2D eigenvalue weighted by molar-refractivity contribution is 14.0. The number of benzene rings is 1. The lowest BCUT2D eigenvalue weighted by atomic mass is 9.90. The number of hydrogen-bond acceptors (Lipinski definition) is 4. The SMILES string of the molecule is CN=C(NCCCCc1nc(C)cs1)NCC1CC(=O)Nc2ccccc21.I. The number of aryl methyl sites for hydroxylation is 2. The van der Waals surface area contributed by atoms with E-state index in [-0.39, 0.29) is 35.8 Å². The number of hydrogen-bond donors (Lipinski definition) is 3. The smallest absolute Gasteiger partial charge is 0.225 e. The number of carbonyl (C=O) groups is 1. The van der Waals surface area contributed by atoms with E-state index >= 15 is 0 Å². The first-order chi connectivity index (χ1) is 13.2. The quantitative estimate of drug-likeness (QED) is 0.229. The summed E-state index contributed by atoms with van der Waals surface area (Å²) in [6.07, 6.45) is 3.69. The van der Waals surface area contributed by atoms with Crippen molar-refractivity contribution in [1.29, 1.82) is 0 Å². The standard InChI is InChI=1S/C20H27N5OS.HI/c1-14-13-27-19(24-14)9-5-6-10-22-20(21-2)23-12-15-11-18(26)25-17-8-4-3-7-16(15)17;/h3-4,7-8,13,15H,5-6,9-12H2,1-2H3,(H,25,26)(H2,21,22,23);1H. The third-order valence-corrected chi connectivity index (χ3v) is 5.65. The number of rotatable bonds is 7. The van der Waals surface area contributed by atoms with Gasteiger partial charge >= 0.3 is 0 Å². The van der Waals surface area contributed by atoms with Crippen molar-refractivity contribution in [3.63, 3.8) is 0 Å². The summed E-state index contributed by atoms with van der Waals surface area (Å²) >= 11 is 1.74. The molecule has 1 unspecified atom stereocenters. The van der Waals surface area contributed by atoms with Gasteiger partial charge in [0.05, 0.1) is 5.01 Å². The van der Waals surface area contributed by atoms with Crippen LogP contribution in [0.25, 0.3) is 0 Å². The molecule has 1 amide bonds. The number of carbonyl (C=O) groups excluding carboxylic acids is 1. The molecule has 1 aliphatic rings. The normalized spacial score (nSPS) is 16.0. The largest absolute Gasteiger partial charge is 0.356 e. The minimum atomic E-state index is 0. The van der Waals surface area contributed by atoms with Crippen LogP contribution in [0.4, 0.5) is 5.69 Å². The molecule has 3 rings (SSSR count). The monoisotopic (exact) mass is 513 g/mol. The number of para-hydroxylation sites is 1. The van der Waals surface area contributed by atoms with Crippen LogP contribution >= 0.6 is 35.3 Å². The van der Waals surface area contributed by atoms with E-state index in [1.54, 1.807) is 18.4 Å². The molecular weight excluding hydrogens is 485 g/mol. The van der Waals surface area contributed by atoms with E-state index in [0.717, 1.165) is 43.1 Å². The maximum atomic E-state index is 11.9. The molecule has 152 valence electrons. The Morgan fingerprint density at radius 1 is 1.32 bits per heavy atom. The summed E-state index contributed by atoms with van der Waals surface area (Å²) in [6.45, 7) is 3.58. The van der Waals surface area contributed by atoms with Crippen molar-refractivity contribution in [3.8, 4) is 0 Å². The number of fused-ring (bicyclic) bond motifs is 1. The van der Waals surface area contributed by atoms with Gasteiger partial charge in [-0.1, -0.05) is 18.2 Å². The van der Waals surface area contributed by atoms with Crippen molar-refractivity contribution in [1.82, 2.24) is 15.6 Å². The van der Waals surface area contributed by atoms with Gasteiger partial charge in [-0.25, -0.2) is 4.98 Å². The zero-order valence-corrected chi connectivity index (χ0v) is 19.5. The average molecular weight is 513 g/mol. The number of aliphatic imine (C=N–C) groups is 1. The Bertz CT molecular complexity index is 807. The van der Waals surface area contributed by atoms with Gasteiger partial charge in [-0.2, -0.15) is 0 Å². The van der Waals surface area contributed by atoms with Gasteiger partial charge in [0, 0.05) is 49.2 Å². The highest BCUT2D eigenvalue weighted by atomic mass is 127. The third-order valence-electron chi connectivity index (χ3n) is 4.62. The van der Waals surface area contributed by atoms with E-state index in [4.69, 9.17) is 0 Å². The summed E-state index contributed by atoms with van der Waals surface area (Å²) in [5, 5.41) is 13.0. The van der Waals surface area contributed by atoms with Crippen LogP contribution in [0.1, 0.15) is 41.4 Å². The van der Waals surface area contributed by atoms with Gasteiger partial charge in [0.1, 0.15) is 0 Å². The number of guanidine groups is 1. The summed E-state index contributed by atoms with van der Waals surface area (Å²) in [7, 11) is 1.77. The van der Waals surface area contributed by atoms with Crippen LogP contribution in [0.3, 0.4) is 0 Å². The molecule has 1 aromatic heterocycles. The molecule has 1 aliphatic heterocycles. The van der Waals surface area contributed by atoms with E-state index in [1.807, 2.05) is 25.1 Å². The molecule has 3 N–H and O–H groups in total. The van der Waals surface area contributed by atoms with E-state index < -0.39 is 0 Å². The first kappa shape index (κ1) is 22.6. The maximum absolute atomic E-state index is 11.9. The minimum absolute atomic E-state index is 0. The Labute approximate surface area is 187 Å². The van der Waals surface area contributed by atoms with Gasteiger partial charge in [0.25, 0.3) is 0 Å². The molecule has 0 saturated carbocycles. The van der Waals surface area contributed by atoms with Crippen LogP contribution in [0.2, 0.25) is 0 Å². The highest BCUT2D eigenvalue weighted by Crippen LogP contribution is 2.31. The Balaban J connectivity index is 0.00000280. The molecule has 1 atom stereocenters. The Kier molecular flexibility index (Phi) is 9.17. The molecule has 0 spiro atoms. The van der Waals surface area contributed by atoms with Crippen LogP contribution in [0.5, 0.6) is 0 Å². The number of unbranched alkanes of at least 4 members (excludes halogenated alkanes) is 1. The Hall–Kier alpha value is -1.68. The molecule has 8 heteroatoms. The average Bonchev–Trinajstić information content (AvgIpc) is 3.08. The van der Waals surface area contributed by atoms with Crippen LogP contribution in [0.15, 0.2) is 34.6 Å². The highest BCUT2D eigenvalue weighted by Gasteiger charge is 2.24. The van der Waals surface area contributed by atoms with Gasteiger partial charge in [0.2, 0.25) is 5.91 Å². The molecule has 0 saturated heterocycles. The number of nitrogens with zero attached hydrogens (tertiary/aromatic N) is 2. The van der Waals surface area contributed by atoms with E-state index in [0.29, 0.717) is 13.0 Å². The second-order valence-corrected chi connectivity index (χ2v) is 7.70. The number of halogens is 1. The summed E-state index contributed by atoms with van der Waals surface area (Å²) < 4.78 is 0. The summed E-state index contributed by atoms with van der Waals surface area (Å²) in [5.41, 5.74) is 3.20. The predicted molar refractivity (Wildman–Crippen MR) is 127 cm³/mol. The van der Waals surface area contributed by atoms with Gasteiger partial charge in [-0.3, -0.25) is 9.79 Å². The molecule has 2 aromatic rings. The molecule has 6 nitrogen and oxygen atoms in total. The lowest BCUT2D eigenvalue weighted by Crippen LogP contribution is -2.41. The van der Waals surface area contributed by atoms with Crippen molar-refractivity contribution >= 4 is 52.9 Å². The van der Waals surface area contributed by atoms with Crippen LogP contribution < -0.4 is 16.0 Å². The molecule has 0 fully saturated rings. The van der Waals surface area contributed by atoms with E-state index in [2.05, 4.69) is 37.4 Å². The topological polar surface area (TPSA) is 78.4 Å². The van der Waals surface area contributed by atoms with Crippen molar-refractivity contribution in [3.05, 3.63) is 45.9 Å². The van der Waals surface area contributed by atoms with Gasteiger partial charge in [-0.15, -0.1) is 35.3 Å². The van der Waals surface area contributed by atoms with Crippen LogP contribution in [-0.2, 0) is 11.2 Å². The fraction of sp³-hybridized carbons (Fsp3) is 0.450.